The molecule has 1 aliphatic heterocycles. The number of benzene rings is 1. The van der Waals surface area contributed by atoms with Gasteiger partial charge in [0.25, 0.3) is 0 Å². The standard InChI is InChI=1S/C14H22N2O/c1-11-5-7-16(8-6-11)10-12-3-4-14(17-2)13(15)9-12/h3-4,9,11H,5-8,10,15H2,1-2H3. The Morgan fingerprint density at radius 2 is 2.06 bits per heavy atom. The molecule has 3 nitrogen and oxygen atoms in total. The summed E-state index contributed by atoms with van der Waals surface area (Å²) in [5, 5.41) is 0. The van der Waals surface area contributed by atoms with E-state index in [0.29, 0.717) is 0 Å². The summed E-state index contributed by atoms with van der Waals surface area (Å²) < 4.78 is 5.17. The summed E-state index contributed by atoms with van der Waals surface area (Å²) in [6.07, 6.45) is 2.62. The summed E-state index contributed by atoms with van der Waals surface area (Å²) in [6.45, 7) is 5.74. The van der Waals surface area contributed by atoms with E-state index in [-0.39, 0.29) is 0 Å². The Labute approximate surface area is 104 Å². The lowest BCUT2D eigenvalue weighted by molar-refractivity contribution is 0.185. The lowest BCUT2D eigenvalue weighted by Crippen LogP contribution is -2.32. The normalized spacial score (nSPS) is 18.2. The average molecular weight is 234 g/mol. The molecule has 0 aromatic heterocycles. The number of anilines is 1. The van der Waals surface area contributed by atoms with E-state index in [2.05, 4.69) is 17.9 Å². The van der Waals surface area contributed by atoms with Gasteiger partial charge in [-0.05, 0) is 49.5 Å². The fraction of sp³-hybridized carbons (Fsp3) is 0.571. The van der Waals surface area contributed by atoms with Crippen LogP contribution in [0, 0.1) is 5.92 Å². The number of ether oxygens (including phenoxy) is 1. The van der Waals surface area contributed by atoms with E-state index in [1.807, 2.05) is 12.1 Å². The molecule has 1 saturated heterocycles. The van der Waals surface area contributed by atoms with E-state index >= 15 is 0 Å². The van der Waals surface area contributed by atoms with Gasteiger partial charge in [-0.1, -0.05) is 13.0 Å². The molecule has 0 aliphatic carbocycles. The van der Waals surface area contributed by atoms with Crippen LogP contribution in [0.1, 0.15) is 25.3 Å². The minimum atomic E-state index is 0.732. The number of rotatable bonds is 3. The number of piperidine rings is 1. The third-order valence-corrected chi connectivity index (χ3v) is 3.58. The van der Waals surface area contributed by atoms with Crippen molar-refractivity contribution < 1.29 is 4.74 Å². The Balaban J connectivity index is 1.97. The molecule has 1 aromatic carbocycles. The summed E-state index contributed by atoms with van der Waals surface area (Å²) in [5.74, 6) is 1.65. The van der Waals surface area contributed by atoms with Gasteiger partial charge in [-0.2, -0.15) is 0 Å². The molecule has 1 aromatic rings. The lowest BCUT2D eigenvalue weighted by atomic mass is 9.99. The molecule has 2 N–H and O–H groups in total. The van der Waals surface area contributed by atoms with Gasteiger partial charge in [0.05, 0.1) is 12.8 Å². The van der Waals surface area contributed by atoms with Gasteiger partial charge in [-0.3, -0.25) is 4.90 Å². The fourth-order valence-electron chi connectivity index (χ4n) is 2.36. The number of nitrogen functional groups attached to an aromatic ring is 1. The molecular formula is C14H22N2O. The maximum Gasteiger partial charge on any atom is 0.141 e. The fourth-order valence-corrected chi connectivity index (χ4v) is 2.36. The molecule has 1 fully saturated rings. The van der Waals surface area contributed by atoms with Crippen LogP contribution in [-0.2, 0) is 6.54 Å². The quantitative estimate of drug-likeness (QED) is 0.817. The van der Waals surface area contributed by atoms with Crippen molar-refractivity contribution in [1.29, 1.82) is 0 Å². The molecule has 0 spiro atoms. The Bertz CT molecular complexity index is 370. The zero-order chi connectivity index (χ0) is 12.3. The summed E-state index contributed by atoms with van der Waals surface area (Å²) in [5.41, 5.74) is 7.92. The topological polar surface area (TPSA) is 38.5 Å². The van der Waals surface area contributed by atoms with Crippen molar-refractivity contribution in [3.63, 3.8) is 0 Å². The van der Waals surface area contributed by atoms with Crippen LogP contribution in [0.5, 0.6) is 5.75 Å². The van der Waals surface area contributed by atoms with Crippen LogP contribution in [-0.4, -0.2) is 25.1 Å². The van der Waals surface area contributed by atoms with E-state index in [4.69, 9.17) is 10.5 Å². The monoisotopic (exact) mass is 234 g/mol. The number of hydrogen-bond donors (Lipinski definition) is 1. The van der Waals surface area contributed by atoms with E-state index < -0.39 is 0 Å². The van der Waals surface area contributed by atoms with E-state index in [0.717, 1.165) is 23.9 Å². The molecule has 1 aliphatic rings. The highest BCUT2D eigenvalue weighted by Crippen LogP contribution is 2.24. The second kappa shape index (κ2) is 5.41. The molecule has 0 unspecified atom stereocenters. The van der Waals surface area contributed by atoms with Crippen molar-refractivity contribution in [3.8, 4) is 5.75 Å². The summed E-state index contributed by atoms with van der Waals surface area (Å²) >= 11 is 0. The minimum Gasteiger partial charge on any atom is -0.495 e. The van der Waals surface area contributed by atoms with Gasteiger partial charge in [0.1, 0.15) is 5.75 Å². The van der Waals surface area contributed by atoms with Crippen molar-refractivity contribution in [2.75, 3.05) is 25.9 Å². The van der Waals surface area contributed by atoms with Crippen molar-refractivity contribution in [2.45, 2.75) is 26.3 Å². The largest absolute Gasteiger partial charge is 0.495 e. The number of hydrogen-bond acceptors (Lipinski definition) is 3. The highest BCUT2D eigenvalue weighted by molar-refractivity contribution is 5.54. The molecule has 17 heavy (non-hydrogen) atoms. The zero-order valence-electron chi connectivity index (χ0n) is 10.8. The first-order valence-electron chi connectivity index (χ1n) is 6.34. The van der Waals surface area contributed by atoms with E-state index in [1.165, 1.54) is 31.5 Å². The predicted octanol–water partition coefficient (Wildman–Crippen LogP) is 2.51. The highest BCUT2D eigenvalue weighted by atomic mass is 16.5. The Morgan fingerprint density at radius 3 is 2.65 bits per heavy atom. The van der Waals surface area contributed by atoms with Gasteiger partial charge < -0.3 is 10.5 Å². The number of likely N-dealkylation sites (tertiary alicyclic amines) is 1. The van der Waals surface area contributed by atoms with Crippen molar-refractivity contribution in [3.05, 3.63) is 23.8 Å². The predicted molar refractivity (Wildman–Crippen MR) is 71.1 cm³/mol. The molecule has 2 rings (SSSR count). The molecule has 1 heterocycles. The van der Waals surface area contributed by atoms with E-state index in [1.54, 1.807) is 7.11 Å². The Kier molecular flexibility index (Phi) is 3.89. The minimum absolute atomic E-state index is 0.732. The molecule has 3 heteroatoms. The summed E-state index contributed by atoms with van der Waals surface area (Å²) in [7, 11) is 1.65. The molecule has 0 atom stereocenters. The Morgan fingerprint density at radius 1 is 1.35 bits per heavy atom. The van der Waals surface area contributed by atoms with Crippen LogP contribution in [0.15, 0.2) is 18.2 Å². The molecular weight excluding hydrogens is 212 g/mol. The van der Waals surface area contributed by atoms with Gasteiger partial charge in [0.2, 0.25) is 0 Å². The second-order valence-electron chi connectivity index (χ2n) is 5.03. The maximum absolute atomic E-state index is 5.92. The first-order chi connectivity index (χ1) is 8.19. The smallest absolute Gasteiger partial charge is 0.141 e. The van der Waals surface area contributed by atoms with Gasteiger partial charge in [0, 0.05) is 6.54 Å². The van der Waals surface area contributed by atoms with Crippen LogP contribution >= 0.6 is 0 Å². The zero-order valence-corrected chi connectivity index (χ0v) is 10.8. The van der Waals surface area contributed by atoms with E-state index in [9.17, 15) is 0 Å². The molecule has 0 radical (unpaired) electrons. The van der Waals surface area contributed by atoms with Crippen LogP contribution in [0.3, 0.4) is 0 Å². The lowest BCUT2D eigenvalue weighted by Gasteiger charge is -2.30. The maximum atomic E-state index is 5.92. The number of nitrogens with zero attached hydrogens (tertiary/aromatic N) is 1. The van der Waals surface area contributed by atoms with Gasteiger partial charge in [0.15, 0.2) is 0 Å². The SMILES string of the molecule is COc1ccc(CN2CCC(C)CC2)cc1N. The van der Waals surface area contributed by atoms with Gasteiger partial charge >= 0.3 is 0 Å². The first-order valence-corrected chi connectivity index (χ1v) is 6.34. The summed E-state index contributed by atoms with van der Waals surface area (Å²) in [6, 6.07) is 6.08. The summed E-state index contributed by atoms with van der Waals surface area (Å²) in [4.78, 5) is 2.50. The Hall–Kier alpha value is -1.22. The average Bonchev–Trinajstić information content (AvgIpc) is 2.32. The highest BCUT2D eigenvalue weighted by Gasteiger charge is 2.15. The van der Waals surface area contributed by atoms with Crippen LogP contribution in [0.2, 0.25) is 0 Å². The van der Waals surface area contributed by atoms with Gasteiger partial charge in [-0.15, -0.1) is 0 Å². The second-order valence-corrected chi connectivity index (χ2v) is 5.03. The molecule has 0 saturated carbocycles. The van der Waals surface area contributed by atoms with Crippen LogP contribution < -0.4 is 10.5 Å². The number of methoxy groups -OCH3 is 1. The van der Waals surface area contributed by atoms with Crippen molar-refractivity contribution in [2.24, 2.45) is 5.92 Å². The third kappa shape index (κ3) is 3.13. The van der Waals surface area contributed by atoms with Gasteiger partial charge in [-0.25, -0.2) is 0 Å². The van der Waals surface area contributed by atoms with Crippen molar-refractivity contribution in [1.82, 2.24) is 4.90 Å². The molecule has 0 bridgehead atoms. The molecule has 94 valence electrons. The molecule has 0 amide bonds. The van der Waals surface area contributed by atoms with Crippen LogP contribution in [0.25, 0.3) is 0 Å². The first kappa shape index (κ1) is 12.2. The number of nitrogens with two attached hydrogens (primary N) is 1. The van der Waals surface area contributed by atoms with Crippen LogP contribution in [0.4, 0.5) is 5.69 Å². The third-order valence-electron chi connectivity index (χ3n) is 3.58. The van der Waals surface area contributed by atoms with Crippen molar-refractivity contribution >= 4 is 5.69 Å².